The van der Waals surface area contributed by atoms with Crippen molar-refractivity contribution in [1.29, 1.82) is 0 Å². The zero-order valence-electron chi connectivity index (χ0n) is 14.9. The van der Waals surface area contributed by atoms with E-state index in [-0.39, 0.29) is 24.0 Å². The Morgan fingerprint density at radius 3 is 2.96 bits per heavy atom. The number of ether oxygens (including phenoxy) is 1. The summed E-state index contributed by atoms with van der Waals surface area (Å²) in [6, 6.07) is 1.68. The Balaban J connectivity index is 0.00000243. The molecule has 2 N–H and O–H groups in total. The Morgan fingerprint density at radius 2 is 2.27 bits per heavy atom. The van der Waals surface area contributed by atoms with Crippen LogP contribution in [0, 0.1) is 5.41 Å². The molecule has 0 saturated carbocycles. The molecule has 0 bridgehead atoms. The van der Waals surface area contributed by atoms with Gasteiger partial charge in [-0.05, 0) is 25.8 Å². The number of hydrogen-bond acceptors (Lipinski definition) is 4. The van der Waals surface area contributed by atoms with Crippen molar-refractivity contribution in [2.24, 2.45) is 10.4 Å². The predicted octanol–water partition coefficient (Wildman–Crippen LogP) is 3.50. The second-order valence-corrected chi connectivity index (χ2v) is 7.46. The topological polar surface area (TPSA) is 61.8 Å². The van der Waals surface area contributed by atoms with Crippen molar-refractivity contribution in [3.05, 3.63) is 22.3 Å². The van der Waals surface area contributed by atoms with Crippen LogP contribution < -0.4 is 10.6 Å². The lowest BCUT2D eigenvalue weighted by Crippen LogP contribution is -2.41. The van der Waals surface area contributed by atoms with Crippen LogP contribution >= 0.6 is 47.2 Å². The number of rotatable bonds is 5. The minimum absolute atomic E-state index is 0. The van der Waals surface area contributed by atoms with Crippen molar-refractivity contribution in [3.8, 4) is 0 Å². The SMILES string of the molecule is CCNC(=NCCNc1ncc(Cl)cc1Cl)N1CCC2(CCOC2)C1.I. The van der Waals surface area contributed by atoms with Crippen LogP contribution in [-0.4, -0.2) is 61.8 Å². The van der Waals surface area contributed by atoms with E-state index in [0.717, 1.165) is 45.2 Å². The predicted molar refractivity (Wildman–Crippen MR) is 118 cm³/mol. The van der Waals surface area contributed by atoms with Gasteiger partial charge in [-0.25, -0.2) is 4.98 Å². The van der Waals surface area contributed by atoms with Crippen LogP contribution in [0.2, 0.25) is 10.0 Å². The van der Waals surface area contributed by atoms with Gasteiger partial charge in [-0.3, -0.25) is 4.99 Å². The summed E-state index contributed by atoms with van der Waals surface area (Å²) in [4.78, 5) is 11.3. The summed E-state index contributed by atoms with van der Waals surface area (Å²) in [6.07, 6.45) is 3.92. The summed E-state index contributed by atoms with van der Waals surface area (Å²) in [5.74, 6) is 1.61. The summed E-state index contributed by atoms with van der Waals surface area (Å²) in [6.45, 7) is 8.08. The van der Waals surface area contributed by atoms with Gasteiger partial charge in [0, 0.05) is 44.4 Å². The van der Waals surface area contributed by atoms with Gasteiger partial charge < -0.3 is 20.3 Å². The first-order chi connectivity index (χ1) is 12.1. The molecule has 2 fully saturated rings. The number of aliphatic imine (C=N–C) groups is 1. The Labute approximate surface area is 182 Å². The summed E-state index contributed by atoms with van der Waals surface area (Å²) in [5.41, 5.74) is 0.329. The van der Waals surface area contributed by atoms with Crippen molar-refractivity contribution in [1.82, 2.24) is 15.2 Å². The van der Waals surface area contributed by atoms with E-state index < -0.39 is 0 Å². The van der Waals surface area contributed by atoms with Gasteiger partial charge >= 0.3 is 0 Å². The molecule has 3 rings (SSSR count). The average molecular weight is 514 g/mol. The molecule has 1 spiro atoms. The summed E-state index contributed by atoms with van der Waals surface area (Å²) in [7, 11) is 0. The fraction of sp³-hybridized carbons (Fsp3) is 0.647. The third kappa shape index (κ3) is 5.50. The van der Waals surface area contributed by atoms with Crippen molar-refractivity contribution in [2.45, 2.75) is 19.8 Å². The minimum Gasteiger partial charge on any atom is -0.381 e. The average Bonchev–Trinajstić information content (AvgIpc) is 3.22. The number of anilines is 1. The Morgan fingerprint density at radius 1 is 1.42 bits per heavy atom. The third-order valence-corrected chi connectivity index (χ3v) is 5.23. The number of halogens is 3. The molecule has 2 saturated heterocycles. The zero-order valence-corrected chi connectivity index (χ0v) is 18.8. The normalized spacial score (nSPS) is 22.6. The van der Waals surface area contributed by atoms with E-state index in [1.165, 1.54) is 6.42 Å². The van der Waals surface area contributed by atoms with Crippen LogP contribution in [0.25, 0.3) is 0 Å². The number of nitrogens with one attached hydrogen (secondary N) is 2. The molecular weight excluding hydrogens is 488 g/mol. The first kappa shape index (κ1) is 21.8. The van der Waals surface area contributed by atoms with Crippen LogP contribution in [0.1, 0.15) is 19.8 Å². The van der Waals surface area contributed by atoms with E-state index in [9.17, 15) is 0 Å². The van der Waals surface area contributed by atoms with E-state index in [2.05, 4.69) is 27.4 Å². The molecule has 0 aromatic carbocycles. The molecule has 6 nitrogen and oxygen atoms in total. The standard InChI is InChI=1S/C17H25Cl2N5O.HI/c1-2-20-16(24-7-3-17(11-24)4-8-25-12-17)22-6-5-21-15-14(19)9-13(18)10-23-15;/h9-10H,2-8,11-12H2,1H3,(H,20,22)(H,21,23);1H. The van der Waals surface area contributed by atoms with Crippen molar-refractivity contribution in [2.75, 3.05) is 51.3 Å². The van der Waals surface area contributed by atoms with Gasteiger partial charge in [0.15, 0.2) is 5.96 Å². The number of aromatic nitrogens is 1. The molecule has 1 aromatic heterocycles. The summed E-state index contributed by atoms with van der Waals surface area (Å²) >= 11 is 12.0. The highest BCUT2D eigenvalue weighted by molar-refractivity contribution is 14.0. The maximum Gasteiger partial charge on any atom is 0.193 e. The summed E-state index contributed by atoms with van der Waals surface area (Å²) in [5, 5.41) is 7.65. The third-order valence-electron chi connectivity index (χ3n) is 4.73. The molecule has 0 radical (unpaired) electrons. The van der Waals surface area contributed by atoms with E-state index in [0.29, 0.717) is 34.4 Å². The second-order valence-electron chi connectivity index (χ2n) is 6.62. The van der Waals surface area contributed by atoms with Gasteiger partial charge in [0.1, 0.15) is 5.82 Å². The number of likely N-dealkylation sites (tertiary alicyclic amines) is 1. The monoisotopic (exact) mass is 513 g/mol. The van der Waals surface area contributed by atoms with E-state index in [1.54, 1.807) is 12.3 Å². The Kier molecular flexibility index (Phi) is 8.50. The largest absolute Gasteiger partial charge is 0.381 e. The number of pyridine rings is 1. The molecule has 2 aliphatic rings. The van der Waals surface area contributed by atoms with E-state index in [4.69, 9.17) is 32.9 Å². The molecule has 9 heteroatoms. The summed E-state index contributed by atoms with van der Waals surface area (Å²) < 4.78 is 5.61. The second kappa shape index (κ2) is 10.1. The molecular formula is C17H26Cl2IN5O. The molecule has 0 amide bonds. The molecule has 1 unspecified atom stereocenters. The van der Waals surface area contributed by atoms with Crippen LogP contribution in [0.3, 0.4) is 0 Å². The number of guanidine groups is 1. The van der Waals surface area contributed by atoms with Crippen LogP contribution in [0.4, 0.5) is 5.82 Å². The Bertz CT molecular complexity index is 625. The van der Waals surface area contributed by atoms with Gasteiger partial charge in [0.25, 0.3) is 0 Å². The maximum atomic E-state index is 6.12. The highest BCUT2D eigenvalue weighted by atomic mass is 127. The fourth-order valence-corrected chi connectivity index (χ4v) is 3.84. The maximum absolute atomic E-state index is 6.12. The van der Waals surface area contributed by atoms with Crippen LogP contribution in [0.5, 0.6) is 0 Å². The quantitative estimate of drug-likeness (QED) is 0.273. The van der Waals surface area contributed by atoms with E-state index in [1.807, 2.05) is 0 Å². The van der Waals surface area contributed by atoms with Crippen molar-refractivity contribution in [3.63, 3.8) is 0 Å². The van der Waals surface area contributed by atoms with Crippen molar-refractivity contribution < 1.29 is 4.74 Å². The van der Waals surface area contributed by atoms with Crippen LogP contribution in [-0.2, 0) is 4.74 Å². The first-order valence-electron chi connectivity index (χ1n) is 8.78. The lowest BCUT2D eigenvalue weighted by Gasteiger charge is -2.25. The number of hydrogen-bond donors (Lipinski definition) is 2. The van der Waals surface area contributed by atoms with Gasteiger partial charge in [-0.1, -0.05) is 23.2 Å². The lowest BCUT2D eigenvalue weighted by atomic mass is 9.87. The highest BCUT2D eigenvalue weighted by Crippen LogP contribution is 2.38. The van der Waals surface area contributed by atoms with E-state index >= 15 is 0 Å². The lowest BCUT2D eigenvalue weighted by molar-refractivity contribution is 0.156. The van der Waals surface area contributed by atoms with Gasteiger partial charge in [0.2, 0.25) is 0 Å². The minimum atomic E-state index is 0. The Hall–Kier alpha value is -0.510. The molecule has 2 aliphatic heterocycles. The smallest absolute Gasteiger partial charge is 0.193 e. The molecule has 1 atom stereocenters. The molecule has 0 aliphatic carbocycles. The van der Waals surface area contributed by atoms with Crippen molar-refractivity contribution >= 4 is 59.0 Å². The van der Waals surface area contributed by atoms with Gasteiger partial charge in [0.05, 0.1) is 23.2 Å². The first-order valence-corrected chi connectivity index (χ1v) is 9.53. The molecule has 26 heavy (non-hydrogen) atoms. The zero-order chi connectivity index (χ0) is 17.7. The van der Waals surface area contributed by atoms with Crippen LogP contribution in [0.15, 0.2) is 17.3 Å². The van der Waals surface area contributed by atoms with Gasteiger partial charge in [-0.15, -0.1) is 24.0 Å². The molecule has 146 valence electrons. The number of nitrogens with zero attached hydrogens (tertiary/aromatic N) is 3. The molecule has 3 heterocycles. The highest BCUT2D eigenvalue weighted by Gasteiger charge is 2.42. The fourth-order valence-electron chi connectivity index (χ4n) is 3.39. The van der Waals surface area contributed by atoms with Gasteiger partial charge in [-0.2, -0.15) is 0 Å². The molecule has 1 aromatic rings.